The Morgan fingerprint density at radius 1 is 0.778 bits per heavy atom. The molecule has 7 heteroatoms. The van der Waals surface area contributed by atoms with Gasteiger partial charge in [0, 0.05) is 11.3 Å². The van der Waals surface area contributed by atoms with Gasteiger partial charge in [0.05, 0.1) is 17.0 Å². The van der Waals surface area contributed by atoms with E-state index < -0.39 is 0 Å². The molecule has 0 fully saturated rings. The average Bonchev–Trinajstić information content (AvgIpc) is 3.59. The van der Waals surface area contributed by atoms with Crippen molar-refractivity contribution in [1.82, 2.24) is 19.8 Å². The molecule has 0 aliphatic heterocycles. The fourth-order valence-corrected chi connectivity index (χ4v) is 4.79. The fourth-order valence-electron chi connectivity index (χ4n) is 4.09. The number of benzene rings is 3. The molecule has 3 aromatic heterocycles. The van der Waals surface area contributed by atoms with E-state index in [4.69, 9.17) is 5.10 Å². The molecule has 6 rings (SSSR count). The minimum absolute atomic E-state index is 0.0678. The number of hydrogen-bond acceptors (Lipinski definition) is 5. The van der Waals surface area contributed by atoms with Crippen molar-refractivity contribution in [2.24, 2.45) is 0 Å². The molecular weight excluding hydrogens is 466 g/mol. The van der Waals surface area contributed by atoms with Gasteiger partial charge in [0.15, 0.2) is 11.5 Å². The van der Waals surface area contributed by atoms with Crippen LogP contribution in [0.15, 0.2) is 109 Å². The quantitative estimate of drug-likeness (QED) is 0.296. The van der Waals surface area contributed by atoms with E-state index in [1.807, 2.05) is 84.2 Å². The van der Waals surface area contributed by atoms with Crippen LogP contribution in [0.4, 0.5) is 5.69 Å². The van der Waals surface area contributed by atoms with Crippen molar-refractivity contribution in [3.8, 4) is 33.1 Å². The number of carbonyl (C=O) groups is 1. The van der Waals surface area contributed by atoms with Crippen molar-refractivity contribution in [3.63, 3.8) is 0 Å². The fraction of sp³-hybridized carbons (Fsp3) is 0.0345. The number of nitrogens with zero attached hydrogens (tertiary/aromatic N) is 4. The monoisotopic (exact) mass is 487 g/mol. The zero-order valence-electron chi connectivity index (χ0n) is 19.2. The summed E-state index contributed by atoms with van der Waals surface area (Å²) < 4.78 is 1.76. The van der Waals surface area contributed by atoms with E-state index >= 15 is 0 Å². The number of anilines is 1. The van der Waals surface area contributed by atoms with E-state index in [-0.39, 0.29) is 5.91 Å². The number of nitrogens with one attached hydrogen (secondary N) is 1. The molecule has 0 spiro atoms. The van der Waals surface area contributed by atoms with Gasteiger partial charge in [-0.15, -0.1) is 21.5 Å². The normalized spacial score (nSPS) is 11.0. The predicted octanol–water partition coefficient (Wildman–Crippen LogP) is 6.37. The highest BCUT2D eigenvalue weighted by molar-refractivity contribution is 7.13. The minimum atomic E-state index is -0.0678. The Bertz CT molecular complexity index is 1640. The number of carbonyl (C=O) groups excluding carboxylic acids is 1. The molecule has 6 aromatic rings. The molecule has 0 saturated carbocycles. The molecule has 36 heavy (non-hydrogen) atoms. The zero-order valence-corrected chi connectivity index (χ0v) is 20.0. The summed E-state index contributed by atoms with van der Waals surface area (Å²) in [5.74, 6) is 0.645. The van der Waals surface area contributed by atoms with Crippen LogP contribution in [0.1, 0.15) is 5.56 Å². The lowest BCUT2D eigenvalue weighted by Crippen LogP contribution is -2.14. The van der Waals surface area contributed by atoms with Gasteiger partial charge in [-0.1, -0.05) is 72.8 Å². The maximum atomic E-state index is 12.8. The van der Waals surface area contributed by atoms with Crippen LogP contribution in [0, 0.1) is 0 Å². The Hall–Kier alpha value is -4.62. The Kier molecular flexibility index (Phi) is 5.81. The third-order valence-corrected chi connectivity index (χ3v) is 6.74. The summed E-state index contributed by atoms with van der Waals surface area (Å²) in [5, 5.41) is 18.3. The first-order valence-electron chi connectivity index (χ1n) is 11.5. The molecule has 6 nitrogen and oxygen atoms in total. The maximum Gasteiger partial charge on any atom is 0.228 e. The van der Waals surface area contributed by atoms with E-state index in [0.717, 1.165) is 38.5 Å². The van der Waals surface area contributed by atoms with Crippen LogP contribution in [-0.4, -0.2) is 25.7 Å². The van der Waals surface area contributed by atoms with Crippen molar-refractivity contribution >= 4 is 28.6 Å². The first-order valence-corrected chi connectivity index (χ1v) is 12.4. The molecule has 0 atom stereocenters. The number of aromatic nitrogens is 4. The molecule has 0 radical (unpaired) electrons. The van der Waals surface area contributed by atoms with Crippen molar-refractivity contribution in [3.05, 3.63) is 114 Å². The van der Waals surface area contributed by atoms with Gasteiger partial charge in [-0.3, -0.25) is 4.79 Å². The number of amides is 1. The van der Waals surface area contributed by atoms with Crippen LogP contribution in [0.5, 0.6) is 0 Å². The summed E-state index contributed by atoms with van der Waals surface area (Å²) in [7, 11) is 0. The van der Waals surface area contributed by atoms with E-state index in [1.165, 1.54) is 0 Å². The molecular formula is C29H21N5OS. The van der Waals surface area contributed by atoms with Crippen LogP contribution in [0.3, 0.4) is 0 Å². The van der Waals surface area contributed by atoms with Gasteiger partial charge in [-0.2, -0.15) is 9.61 Å². The first kappa shape index (κ1) is 21.9. The van der Waals surface area contributed by atoms with Crippen LogP contribution < -0.4 is 5.32 Å². The molecule has 0 aliphatic carbocycles. The average molecular weight is 488 g/mol. The molecule has 3 heterocycles. The van der Waals surface area contributed by atoms with E-state index in [0.29, 0.717) is 17.9 Å². The van der Waals surface area contributed by atoms with Gasteiger partial charge in [-0.05, 0) is 52.4 Å². The van der Waals surface area contributed by atoms with Gasteiger partial charge in [-0.25, -0.2) is 0 Å². The summed E-state index contributed by atoms with van der Waals surface area (Å²) in [4.78, 5) is 13.8. The highest BCUT2D eigenvalue weighted by atomic mass is 32.1. The van der Waals surface area contributed by atoms with E-state index in [1.54, 1.807) is 15.9 Å². The van der Waals surface area contributed by atoms with Gasteiger partial charge in [0.1, 0.15) is 0 Å². The smallest absolute Gasteiger partial charge is 0.228 e. The van der Waals surface area contributed by atoms with Crippen LogP contribution >= 0.6 is 11.3 Å². The SMILES string of the molecule is O=C(Cc1ccc(-c2ccccc2)cc1)Nc1cccc(-c2ccc3nnc(-c4cccs4)n3n2)c1. The summed E-state index contributed by atoms with van der Waals surface area (Å²) in [6.45, 7) is 0. The van der Waals surface area contributed by atoms with Crippen molar-refractivity contribution in [2.75, 3.05) is 5.32 Å². The van der Waals surface area contributed by atoms with Gasteiger partial charge in [0.25, 0.3) is 0 Å². The molecule has 1 amide bonds. The largest absolute Gasteiger partial charge is 0.326 e. The molecule has 0 aliphatic rings. The predicted molar refractivity (Wildman–Crippen MR) is 144 cm³/mol. The Balaban J connectivity index is 1.18. The number of thiophene rings is 1. The second-order valence-electron chi connectivity index (χ2n) is 8.36. The molecule has 0 unspecified atom stereocenters. The lowest BCUT2D eigenvalue weighted by atomic mass is 10.0. The second kappa shape index (κ2) is 9.56. The number of fused-ring (bicyclic) bond motifs is 1. The third-order valence-electron chi connectivity index (χ3n) is 5.87. The Morgan fingerprint density at radius 2 is 1.58 bits per heavy atom. The standard InChI is InChI=1S/C29H21N5OS/c35-28(18-20-11-13-22(14-12-20)21-6-2-1-3-7-21)30-24-9-4-8-23(19-24)25-15-16-27-31-32-29(34(27)33-25)26-10-5-17-36-26/h1-17,19H,18H2,(H,30,35). The van der Waals surface area contributed by atoms with Gasteiger partial charge in [0.2, 0.25) is 5.91 Å². The van der Waals surface area contributed by atoms with Crippen LogP contribution in [-0.2, 0) is 11.2 Å². The highest BCUT2D eigenvalue weighted by Gasteiger charge is 2.12. The van der Waals surface area contributed by atoms with Gasteiger partial charge >= 0.3 is 0 Å². The zero-order chi connectivity index (χ0) is 24.3. The molecule has 0 bridgehead atoms. The van der Waals surface area contributed by atoms with E-state index in [2.05, 4.69) is 39.8 Å². The Labute approximate surface area is 211 Å². The summed E-state index contributed by atoms with van der Waals surface area (Å²) in [5.41, 5.74) is 6.33. The number of rotatable bonds is 6. The van der Waals surface area contributed by atoms with Crippen molar-refractivity contribution in [2.45, 2.75) is 6.42 Å². The lowest BCUT2D eigenvalue weighted by molar-refractivity contribution is -0.115. The Morgan fingerprint density at radius 3 is 2.39 bits per heavy atom. The molecule has 174 valence electrons. The maximum absolute atomic E-state index is 12.8. The van der Waals surface area contributed by atoms with E-state index in [9.17, 15) is 4.79 Å². The third kappa shape index (κ3) is 4.52. The van der Waals surface area contributed by atoms with Gasteiger partial charge < -0.3 is 5.32 Å². The van der Waals surface area contributed by atoms with Crippen molar-refractivity contribution < 1.29 is 4.79 Å². The summed E-state index contributed by atoms with van der Waals surface area (Å²) >= 11 is 1.60. The minimum Gasteiger partial charge on any atom is -0.326 e. The molecule has 0 saturated heterocycles. The lowest BCUT2D eigenvalue weighted by Gasteiger charge is -2.09. The topological polar surface area (TPSA) is 72.2 Å². The second-order valence-corrected chi connectivity index (χ2v) is 9.31. The molecule has 3 aromatic carbocycles. The van der Waals surface area contributed by atoms with Crippen LogP contribution in [0.25, 0.3) is 38.7 Å². The summed E-state index contributed by atoms with van der Waals surface area (Å²) in [6.07, 6.45) is 0.300. The van der Waals surface area contributed by atoms with Crippen LogP contribution in [0.2, 0.25) is 0 Å². The summed E-state index contributed by atoms with van der Waals surface area (Å²) in [6, 6.07) is 33.8. The number of hydrogen-bond donors (Lipinski definition) is 1. The first-order chi connectivity index (χ1) is 17.7. The molecule has 1 N–H and O–H groups in total. The van der Waals surface area contributed by atoms with Crippen molar-refractivity contribution in [1.29, 1.82) is 0 Å². The highest BCUT2D eigenvalue weighted by Crippen LogP contribution is 2.26.